The van der Waals surface area contributed by atoms with E-state index in [-0.39, 0.29) is 11.7 Å². The minimum atomic E-state index is -0.918. The smallest absolute Gasteiger partial charge is 0.275 e. The number of H-pyrrole nitrogens is 1. The molecule has 2 aromatic rings. The van der Waals surface area contributed by atoms with Gasteiger partial charge in [0.25, 0.3) is 5.69 Å². The minimum Gasteiger partial charge on any atom is -0.358 e. The third-order valence-corrected chi connectivity index (χ3v) is 3.88. The molecule has 3 rings (SSSR count). The van der Waals surface area contributed by atoms with Crippen molar-refractivity contribution >= 4 is 11.4 Å². The van der Waals surface area contributed by atoms with E-state index >= 15 is 0 Å². The van der Waals surface area contributed by atoms with Crippen molar-refractivity contribution in [3.05, 3.63) is 51.8 Å². The Labute approximate surface area is 124 Å². The molecular weight excluding hydrogens is 294 g/mol. The lowest BCUT2D eigenvalue weighted by molar-refractivity contribution is -0.385. The molecule has 1 fully saturated rings. The maximum atomic E-state index is 14.3. The highest BCUT2D eigenvalue weighted by molar-refractivity contribution is 5.55. The Kier molecular flexibility index (Phi) is 3.74. The number of non-ortho nitro benzene ring substituents is 1. The fraction of sp³-hybridized carbons (Fsp3) is 0.357. The van der Waals surface area contributed by atoms with E-state index in [4.69, 9.17) is 0 Å². The first-order chi connectivity index (χ1) is 10.6. The number of hydrogen-bond acceptors (Lipinski definition) is 4. The van der Waals surface area contributed by atoms with Crippen LogP contribution in [0.25, 0.3) is 0 Å². The normalized spacial score (nSPS) is 18.5. The summed E-state index contributed by atoms with van der Waals surface area (Å²) in [6.07, 6.45) is 4.07. The quantitative estimate of drug-likeness (QED) is 0.697. The first-order valence-electron chi connectivity index (χ1n) is 6.97. The zero-order valence-corrected chi connectivity index (χ0v) is 11.6. The van der Waals surface area contributed by atoms with E-state index in [1.54, 1.807) is 17.2 Å². The van der Waals surface area contributed by atoms with Gasteiger partial charge in [-0.2, -0.15) is 5.10 Å². The number of halogens is 2. The van der Waals surface area contributed by atoms with Gasteiger partial charge in [0.05, 0.1) is 28.8 Å². The maximum absolute atomic E-state index is 14.3. The average molecular weight is 308 g/mol. The summed E-state index contributed by atoms with van der Waals surface area (Å²) < 4.78 is 28.5. The molecule has 116 valence electrons. The van der Waals surface area contributed by atoms with Crippen LogP contribution >= 0.6 is 0 Å². The summed E-state index contributed by atoms with van der Waals surface area (Å²) in [7, 11) is 0. The molecule has 0 aliphatic carbocycles. The molecular formula is C14H14F2N4O2. The van der Waals surface area contributed by atoms with E-state index in [9.17, 15) is 18.9 Å². The molecule has 1 atom stereocenters. The van der Waals surface area contributed by atoms with E-state index < -0.39 is 22.2 Å². The number of anilines is 1. The number of nitrogens with one attached hydrogen (secondary N) is 1. The van der Waals surface area contributed by atoms with Crippen LogP contribution in [0.3, 0.4) is 0 Å². The van der Waals surface area contributed by atoms with Gasteiger partial charge in [-0.25, -0.2) is 8.78 Å². The number of aromatic nitrogens is 2. The van der Waals surface area contributed by atoms with E-state index in [2.05, 4.69) is 10.2 Å². The first kappa shape index (κ1) is 14.4. The second kappa shape index (κ2) is 5.70. The fourth-order valence-corrected chi connectivity index (χ4v) is 2.91. The van der Waals surface area contributed by atoms with Crippen LogP contribution in [0.1, 0.15) is 31.0 Å². The SMILES string of the molecule is O=[N+]([O-])c1cc(F)c(N2CCCC[C@H]2c2ccn[nH]2)c(F)c1. The zero-order chi connectivity index (χ0) is 15.7. The van der Waals surface area contributed by atoms with Gasteiger partial charge < -0.3 is 4.90 Å². The van der Waals surface area contributed by atoms with Gasteiger partial charge in [-0.1, -0.05) is 0 Å². The lowest BCUT2D eigenvalue weighted by Gasteiger charge is -2.37. The highest BCUT2D eigenvalue weighted by atomic mass is 19.1. The van der Waals surface area contributed by atoms with Crippen LogP contribution < -0.4 is 4.90 Å². The minimum absolute atomic E-state index is 0.218. The van der Waals surface area contributed by atoms with Gasteiger partial charge in [0.15, 0.2) is 11.6 Å². The predicted octanol–water partition coefficient (Wildman–Crippen LogP) is 3.33. The molecule has 1 aliphatic heterocycles. The highest BCUT2D eigenvalue weighted by Gasteiger charge is 2.30. The molecule has 0 saturated carbocycles. The van der Waals surface area contributed by atoms with Gasteiger partial charge in [0.1, 0.15) is 5.69 Å². The molecule has 1 aromatic carbocycles. The van der Waals surface area contributed by atoms with Crippen LogP contribution in [0.5, 0.6) is 0 Å². The monoisotopic (exact) mass is 308 g/mol. The van der Waals surface area contributed by atoms with Crippen molar-refractivity contribution in [3.63, 3.8) is 0 Å². The lowest BCUT2D eigenvalue weighted by atomic mass is 9.98. The Morgan fingerprint density at radius 3 is 2.64 bits per heavy atom. The van der Waals surface area contributed by atoms with Crippen molar-refractivity contribution < 1.29 is 13.7 Å². The highest BCUT2D eigenvalue weighted by Crippen LogP contribution is 2.38. The van der Waals surface area contributed by atoms with Crippen LogP contribution in [-0.4, -0.2) is 21.7 Å². The fourth-order valence-electron chi connectivity index (χ4n) is 2.91. The Morgan fingerprint density at radius 2 is 2.05 bits per heavy atom. The number of aromatic amines is 1. The molecule has 0 spiro atoms. The van der Waals surface area contributed by atoms with Crippen LogP contribution in [0, 0.1) is 21.7 Å². The molecule has 0 radical (unpaired) electrons. The summed E-state index contributed by atoms with van der Waals surface area (Å²) in [5, 5.41) is 17.4. The van der Waals surface area contributed by atoms with Gasteiger partial charge in [-0.05, 0) is 25.3 Å². The predicted molar refractivity (Wildman–Crippen MR) is 75.5 cm³/mol. The number of nitrogens with zero attached hydrogens (tertiary/aromatic N) is 3. The molecule has 0 bridgehead atoms. The van der Waals surface area contributed by atoms with Crippen molar-refractivity contribution in [1.29, 1.82) is 0 Å². The number of hydrogen-bond donors (Lipinski definition) is 1. The molecule has 22 heavy (non-hydrogen) atoms. The van der Waals surface area contributed by atoms with Crippen molar-refractivity contribution in [2.24, 2.45) is 0 Å². The second-order valence-corrected chi connectivity index (χ2v) is 5.23. The van der Waals surface area contributed by atoms with Crippen molar-refractivity contribution in [2.75, 3.05) is 11.4 Å². The molecule has 1 saturated heterocycles. The van der Waals surface area contributed by atoms with Gasteiger partial charge >= 0.3 is 0 Å². The van der Waals surface area contributed by atoms with Crippen LogP contribution in [-0.2, 0) is 0 Å². The van der Waals surface area contributed by atoms with E-state index in [0.29, 0.717) is 6.54 Å². The van der Waals surface area contributed by atoms with Crippen molar-refractivity contribution in [1.82, 2.24) is 10.2 Å². The van der Waals surface area contributed by atoms with E-state index in [1.807, 2.05) is 0 Å². The molecule has 0 unspecified atom stereocenters. The third kappa shape index (κ3) is 2.51. The molecule has 0 amide bonds. The summed E-state index contributed by atoms with van der Waals surface area (Å²) in [4.78, 5) is 11.5. The first-order valence-corrected chi connectivity index (χ1v) is 6.97. The number of piperidine rings is 1. The molecule has 1 aliphatic rings. The average Bonchev–Trinajstić information content (AvgIpc) is 3.01. The van der Waals surface area contributed by atoms with E-state index in [0.717, 1.165) is 37.1 Å². The summed E-state index contributed by atoms with van der Waals surface area (Å²) in [6.45, 7) is 0.481. The van der Waals surface area contributed by atoms with E-state index in [1.165, 1.54) is 0 Å². The van der Waals surface area contributed by atoms with Gasteiger partial charge in [-0.3, -0.25) is 15.2 Å². The van der Waals surface area contributed by atoms with Crippen LogP contribution in [0.2, 0.25) is 0 Å². The maximum Gasteiger partial charge on any atom is 0.275 e. The number of nitro benzene ring substituents is 1. The Balaban J connectivity index is 2.03. The summed E-state index contributed by atoms with van der Waals surface area (Å²) in [5.41, 5.74) is -0.0318. The molecule has 1 N–H and O–H groups in total. The Morgan fingerprint density at radius 1 is 1.32 bits per heavy atom. The second-order valence-electron chi connectivity index (χ2n) is 5.23. The third-order valence-electron chi connectivity index (χ3n) is 3.88. The molecule has 6 nitrogen and oxygen atoms in total. The topological polar surface area (TPSA) is 75.1 Å². The Bertz CT molecular complexity index is 667. The Hall–Kier alpha value is -2.51. The zero-order valence-electron chi connectivity index (χ0n) is 11.6. The van der Waals surface area contributed by atoms with Crippen molar-refractivity contribution in [3.8, 4) is 0 Å². The van der Waals surface area contributed by atoms with Crippen LogP contribution in [0.15, 0.2) is 24.4 Å². The summed E-state index contributed by atoms with van der Waals surface area (Å²) in [5.74, 6) is -1.84. The summed E-state index contributed by atoms with van der Waals surface area (Å²) in [6, 6.07) is 3.07. The van der Waals surface area contributed by atoms with Gasteiger partial charge in [0.2, 0.25) is 0 Å². The lowest BCUT2D eigenvalue weighted by Crippen LogP contribution is -2.35. The number of rotatable bonds is 3. The standard InChI is InChI=1S/C14H14F2N4O2/c15-10-7-9(20(21)22)8-11(16)14(10)19-6-2-1-3-13(19)12-4-5-17-18-12/h4-5,7-8,13H,1-3,6H2,(H,17,18)/t13-/m0/s1. The van der Waals surface area contributed by atoms with Gasteiger partial charge in [0, 0.05) is 12.7 Å². The number of nitro groups is 1. The number of benzene rings is 1. The largest absolute Gasteiger partial charge is 0.358 e. The van der Waals surface area contributed by atoms with Crippen molar-refractivity contribution in [2.45, 2.75) is 25.3 Å². The van der Waals surface area contributed by atoms with Gasteiger partial charge in [-0.15, -0.1) is 0 Å². The summed E-state index contributed by atoms with van der Waals surface area (Å²) >= 11 is 0. The molecule has 2 heterocycles. The molecule has 1 aromatic heterocycles. The molecule has 8 heteroatoms. The van der Waals surface area contributed by atoms with Crippen LogP contribution in [0.4, 0.5) is 20.2 Å².